The molecule has 1 aliphatic carbocycles. The van der Waals surface area contributed by atoms with Crippen LogP contribution in [0.3, 0.4) is 0 Å². The first-order chi connectivity index (χ1) is 8.49. The van der Waals surface area contributed by atoms with Crippen LogP contribution < -0.4 is 0 Å². The number of aliphatic hydroxyl groups excluding tert-OH is 1. The zero-order valence-electron chi connectivity index (χ0n) is 11.3. The standard InChI is InChI=1S/C14H23NO3/c1-9-7-13(17)15(14(9)18)8-11-3-5-12(6-4-11)10(2)16/h9,11-12,14,18H,3-8H2,1-2H3. The first kappa shape index (κ1) is 13.5. The highest BCUT2D eigenvalue weighted by Crippen LogP contribution is 2.32. The zero-order valence-corrected chi connectivity index (χ0v) is 11.3. The van der Waals surface area contributed by atoms with Gasteiger partial charge in [0.05, 0.1) is 0 Å². The summed E-state index contributed by atoms with van der Waals surface area (Å²) in [5, 5.41) is 9.95. The van der Waals surface area contributed by atoms with Gasteiger partial charge in [-0.05, 0) is 38.5 Å². The lowest BCUT2D eigenvalue weighted by Crippen LogP contribution is -2.39. The van der Waals surface area contributed by atoms with Crippen LogP contribution in [-0.4, -0.2) is 34.5 Å². The van der Waals surface area contributed by atoms with Crippen molar-refractivity contribution in [1.82, 2.24) is 4.90 Å². The average Bonchev–Trinajstić information content (AvgIpc) is 2.57. The summed E-state index contributed by atoms with van der Waals surface area (Å²) in [5.41, 5.74) is 0. The molecule has 4 nitrogen and oxygen atoms in total. The van der Waals surface area contributed by atoms with Crippen LogP contribution in [0.5, 0.6) is 0 Å². The number of likely N-dealkylation sites (tertiary alicyclic amines) is 1. The molecule has 2 fully saturated rings. The third-order valence-corrected chi connectivity index (χ3v) is 4.52. The van der Waals surface area contributed by atoms with E-state index in [0.29, 0.717) is 24.7 Å². The van der Waals surface area contributed by atoms with Gasteiger partial charge in [0.25, 0.3) is 0 Å². The molecule has 18 heavy (non-hydrogen) atoms. The molecular formula is C14H23NO3. The summed E-state index contributed by atoms with van der Waals surface area (Å²) in [5.74, 6) is 1.08. The minimum absolute atomic E-state index is 0.0473. The summed E-state index contributed by atoms with van der Waals surface area (Å²) in [6, 6.07) is 0. The molecule has 0 aromatic heterocycles. The molecule has 2 rings (SSSR count). The predicted molar refractivity (Wildman–Crippen MR) is 67.6 cm³/mol. The fourth-order valence-corrected chi connectivity index (χ4v) is 3.19. The fraction of sp³-hybridized carbons (Fsp3) is 0.857. The predicted octanol–water partition coefficient (Wildman–Crippen LogP) is 1.57. The number of ketones is 1. The average molecular weight is 253 g/mol. The molecule has 1 aliphatic heterocycles. The van der Waals surface area contributed by atoms with Crippen molar-refractivity contribution in [2.75, 3.05) is 6.54 Å². The molecule has 0 aromatic rings. The van der Waals surface area contributed by atoms with Gasteiger partial charge in [-0.15, -0.1) is 0 Å². The highest BCUT2D eigenvalue weighted by atomic mass is 16.3. The van der Waals surface area contributed by atoms with Crippen molar-refractivity contribution in [3.8, 4) is 0 Å². The Labute approximate surface area is 108 Å². The molecule has 4 heteroatoms. The van der Waals surface area contributed by atoms with Crippen LogP contribution in [-0.2, 0) is 9.59 Å². The molecular weight excluding hydrogens is 230 g/mol. The Bertz CT molecular complexity index is 334. The van der Waals surface area contributed by atoms with Gasteiger partial charge in [-0.3, -0.25) is 9.59 Å². The Kier molecular flexibility index (Phi) is 4.05. The molecule has 2 atom stereocenters. The summed E-state index contributed by atoms with van der Waals surface area (Å²) in [6.07, 6.45) is 3.72. The van der Waals surface area contributed by atoms with Gasteiger partial charge >= 0.3 is 0 Å². The van der Waals surface area contributed by atoms with E-state index in [0.717, 1.165) is 25.7 Å². The van der Waals surface area contributed by atoms with E-state index in [1.807, 2.05) is 6.92 Å². The van der Waals surface area contributed by atoms with Crippen LogP contribution in [0, 0.1) is 17.8 Å². The van der Waals surface area contributed by atoms with E-state index in [1.54, 1.807) is 11.8 Å². The van der Waals surface area contributed by atoms with E-state index in [4.69, 9.17) is 0 Å². The first-order valence-corrected chi connectivity index (χ1v) is 6.97. The molecule has 2 unspecified atom stereocenters. The highest BCUT2D eigenvalue weighted by Gasteiger charge is 2.37. The minimum Gasteiger partial charge on any atom is -0.373 e. The molecule has 0 bridgehead atoms. The third-order valence-electron chi connectivity index (χ3n) is 4.52. The number of hydrogen-bond acceptors (Lipinski definition) is 3. The van der Waals surface area contributed by atoms with Gasteiger partial charge in [-0.2, -0.15) is 0 Å². The minimum atomic E-state index is -0.608. The van der Waals surface area contributed by atoms with Crippen molar-refractivity contribution >= 4 is 11.7 Å². The Morgan fingerprint density at radius 1 is 1.33 bits per heavy atom. The Hall–Kier alpha value is -0.900. The van der Waals surface area contributed by atoms with Gasteiger partial charge in [-0.25, -0.2) is 0 Å². The van der Waals surface area contributed by atoms with E-state index < -0.39 is 6.23 Å². The molecule has 1 saturated carbocycles. The number of hydrogen-bond donors (Lipinski definition) is 1. The van der Waals surface area contributed by atoms with Crippen molar-refractivity contribution in [2.24, 2.45) is 17.8 Å². The summed E-state index contributed by atoms with van der Waals surface area (Å²) in [7, 11) is 0. The van der Waals surface area contributed by atoms with Crippen molar-refractivity contribution in [3.63, 3.8) is 0 Å². The quantitative estimate of drug-likeness (QED) is 0.830. The van der Waals surface area contributed by atoms with Gasteiger partial charge < -0.3 is 10.0 Å². The van der Waals surface area contributed by atoms with Crippen LogP contribution in [0.25, 0.3) is 0 Å². The molecule has 1 N–H and O–H groups in total. The second kappa shape index (κ2) is 5.39. The van der Waals surface area contributed by atoms with Gasteiger partial charge in [0, 0.05) is 24.8 Å². The molecule has 102 valence electrons. The maximum absolute atomic E-state index is 11.8. The van der Waals surface area contributed by atoms with E-state index in [9.17, 15) is 14.7 Å². The van der Waals surface area contributed by atoms with Crippen molar-refractivity contribution in [2.45, 2.75) is 52.2 Å². The lowest BCUT2D eigenvalue weighted by atomic mass is 9.80. The van der Waals surface area contributed by atoms with Gasteiger partial charge in [0.1, 0.15) is 12.0 Å². The highest BCUT2D eigenvalue weighted by molar-refractivity contribution is 5.79. The number of rotatable bonds is 3. The van der Waals surface area contributed by atoms with E-state index in [-0.39, 0.29) is 17.7 Å². The van der Waals surface area contributed by atoms with Gasteiger partial charge in [0.15, 0.2) is 0 Å². The second-order valence-electron chi connectivity index (χ2n) is 5.97. The van der Waals surface area contributed by atoms with Crippen molar-refractivity contribution in [3.05, 3.63) is 0 Å². The van der Waals surface area contributed by atoms with Crippen LogP contribution in [0.2, 0.25) is 0 Å². The number of Topliss-reactive ketones (excluding diaryl/α,β-unsaturated/α-hetero) is 1. The topological polar surface area (TPSA) is 57.6 Å². The monoisotopic (exact) mass is 253 g/mol. The summed E-state index contributed by atoms with van der Waals surface area (Å²) in [4.78, 5) is 24.7. The molecule has 0 aromatic carbocycles. The number of aliphatic hydroxyl groups is 1. The number of nitrogens with zero attached hydrogens (tertiary/aromatic N) is 1. The SMILES string of the molecule is CC(=O)C1CCC(CN2C(=O)CC(C)C2O)CC1. The zero-order chi connectivity index (χ0) is 13.3. The number of amides is 1. The normalized spacial score (nSPS) is 37.1. The molecule has 0 spiro atoms. The van der Waals surface area contributed by atoms with Crippen molar-refractivity contribution in [1.29, 1.82) is 0 Å². The van der Waals surface area contributed by atoms with Crippen LogP contribution in [0.15, 0.2) is 0 Å². The van der Waals surface area contributed by atoms with Crippen LogP contribution in [0.4, 0.5) is 0 Å². The van der Waals surface area contributed by atoms with Crippen molar-refractivity contribution < 1.29 is 14.7 Å². The summed E-state index contributed by atoms with van der Waals surface area (Å²) in [6.45, 7) is 4.24. The summed E-state index contributed by atoms with van der Waals surface area (Å²) < 4.78 is 0. The van der Waals surface area contributed by atoms with E-state index >= 15 is 0 Å². The van der Waals surface area contributed by atoms with E-state index in [2.05, 4.69) is 0 Å². The van der Waals surface area contributed by atoms with Crippen LogP contribution >= 0.6 is 0 Å². The summed E-state index contributed by atoms with van der Waals surface area (Å²) >= 11 is 0. The van der Waals surface area contributed by atoms with E-state index in [1.165, 1.54) is 0 Å². The largest absolute Gasteiger partial charge is 0.373 e. The number of carbonyl (C=O) groups excluding carboxylic acids is 2. The first-order valence-electron chi connectivity index (χ1n) is 6.97. The third kappa shape index (κ3) is 2.74. The maximum atomic E-state index is 11.8. The molecule has 1 amide bonds. The number of carbonyl (C=O) groups is 2. The smallest absolute Gasteiger partial charge is 0.225 e. The van der Waals surface area contributed by atoms with Gasteiger partial charge in [-0.1, -0.05) is 6.92 Å². The molecule has 2 aliphatic rings. The second-order valence-corrected chi connectivity index (χ2v) is 5.97. The fourth-order valence-electron chi connectivity index (χ4n) is 3.19. The lowest BCUT2D eigenvalue weighted by Gasteiger charge is -2.32. The molecule has 1 saturated heterocycles. The van der Waals surface area contributed by atoms with Crippen LogP contribution in [0.1, 0.15) is 46.0 Å². The Balaban J connectivity index is 1.85. The lowest BCUT2D eigenvalue weighted by molar-refractivity contribution is -0.135. The Morgan fingerprint density at radius 3 is 2.39 bits per heavy atom. The Morgan fingerprint density at radius 2 is 1.94 bits per heavy atom. The molecule has 0 radical (unpaired) electrons. The molecule has 1 heterocycles. The maximum Gasteiger partial charge on any atom is 0.225 e. The van der Waals surface area contributed by atoms with Gasteiger partial charge in [0.2, 0.25) is 5.91 Å².